The summed E-state index contributed by atoms with van der Waals surface area (Å²) in [5, 5.41) is 11.8. The molecule has 0 saturated carbocycles. The van der Waals surface area contributed by atoms with Crippen LogP contribution in [0.15, 0.2) is 47.6 Å². The van der Waals surface area contributed by atoms with E-state index in [4.69, 9.17) is 10.9 Å². The molecule has 0 atom stereocenters. The Morgan fingerprint density at radius 1 is 1.19 bits per heavy atom. The number of nitrogens with zero attached hydrogens (tertiary/aromatic N) is 2. The predicted molar refractivity (Wildman–Crippen MR) is 78.3 cm³/mol. The van der Waals surface area contributed by atoms with Crippen molar-refractivity contribution in [2.45, 2.75) is 19.6 Å². The van der Waals surface area contributed by atoms with Crippen molar-refractivity contribution >= 4 is 5.84 Å². The molecule has 0 saturated heterocycles. The van der Waals surface area contributed by atoms with E-state index in [1.165, 1.54) is 23.3 Å². The van der Waals surface area contributed by atoms with Gasteiger partial charge in [0.25, 0.3) is 0 Å². The molecule has 1 aliphatic rings. The van der Waals surface area contributed by atoms with Crippen LogP contribution < -0.4 is 5.73 Å². The molecule has 0 bridgehead atoms. The van der Waals surface area contributed by atoms with Crippen molar-refractivity contribution < 1.29 is 9.60 Å². The Kier molecular flexibility index (Phi) is 3.58. The van der Waals surface area contributed by atoms with Crippen molar-refractivity contribution in [3.63, 3.8) is 0 Å². The van der Waals surface area contributed by atoms with Gasteiger partial charge in [0.15, 0.2) is 5.84 Å². The molecule has 1 aliphatic heterocycles. The fourth-order valence-electron chi connectivity index (χ4n) is 2.74. The van der Waals surface area contributed by atoms with Crippen molar-refractivity contribution in [3.8, 4) is 0 Å². The fourth-order valence-corrected chi connectivity index (χ4v) is 2.74. The molecule has 0 aromatic heterocycles. The van der Waals surface area contributed by atoms with E-state index < -0.39 is 5.82 Å². The number of fused-ring (bicyclic) bond motifs is 1. The van der Waals surface area contributed by atoms with Gasteiger partial charge in [0, 0.05) is 25.2 Å². The van der Waals surface area contributed by atoms with Crippen LogP contribution in [0.5, 0.6) is 0 Å². The zero-order valence-corrected chi connectivity index (χ0v) is 11.5. The first-order chi connectivity index (χ1) is 10.2. The van der Waals surface area contributed by atoms with Crippen LogP contribution in [0.4, 0.5) is 4.39 Å². The zero-order valence-electron chi connectivity index (χ0n) is 11.5. The summed E-state index contributed by atoms with van der Waals surface area (Å²) >= 11 is 0. The molecule has 0 spiro atoms. The summed E-state index contributed by atoms with van der Waals surface area (Å²) < 4.78 is 13.4. The molecule has 0 unspecified atom stereocenters. The SMILES string of the molecule is NC(=NO)c1cc(F)ccc1CN1Cc2ccccc2C1. The summed E-state index contributed by atoms with van der Waals surface area (Å²) in [6.07, 6.45) is 0. The number of oxime groups is 1. The van der Waals surface area contributed by atoms with Crippen LogP contribution in [0.2, 0.25) is 0 Å². The van der Waals surface area contributed by atoms with Gasteiger partial charge in [-0.05, 0) is 28.8 Å². The van der Waals surface area contributed by atoms with Crippen LogP contribution in [0.25, 0.3) is 0 Å². The number of hydrogen-bond acceptors (Lipinski definition) is 3. The van der Waals surface area contributed by atoms with E-state index >= 15 is 0 Å². The van der Waals surface area contributed by atoms with Crippen molar-refractivity contribution in [3.05, 3.63) is 70.5 Å². The third kappa shape index (κ3) is 2.73. The summed E-state index contributed by atoms with van der Waals surface area (Å²) in [6, 6.07) is 12.7. The topological polar surface area (TPSA) is 61.9 Å². The van der Waals surface area contributed by atoms with E-state index in [-0.39, 0.29) is 5.84 Å². The van der Waals surface area contributed by atoms with E-state index in [2.05, 4.69) is 22.2 Å². The summed E-state index contributed by atoms with van der Waals surface area (Å²) in [5.41, 5.74) is 9.54. The van der Waals surface area contributed by atoms with Crippen LogP contribution in [-0.2, 0) is 19.6 Å². The maximum atomic E-state index is 13.4. The molecule has 0 radical (unpaired) electrons. The van der Waals surface area contributed by atoms with E-state index in [9.17, 15) is 4.39 Å². The van der Waals surface area contributed by atoms with E-state index in [1.54, 1.807) is 6.07 Å². The highest BCUT2D eigenvalue weighted by Gasteiger charge is 2.20. The molecular formula is C16H16FN3O. The lowest BCUT2D eigenvalue weighted by molar-refractivity contribution is 0.275. The van der Waals surface area contributed by atoms with Crippen LogP contribution in [0.1, 0.15) is 22.3 Å². The standard InChI is InChI=1S/C16H16FN3O/c17-14-6-5-13(15(7-14)16(18)19-21)10-20-8-11-3-1-2-4-12(11)9-20/h1-7,21H,8-10H2,(H2,18,19). The molecule has 3 N–H and O–H groups in total. The Morgan fingerprint density at radius 3 is 2.48 bits per heavy atom. The molecule has 1 heterocycles. The highest BCUT2D eigenvalue weighted by Crippen LogP contribution is 2.25. The quantitative estimate of drug-likeness (QED) is 0.394. The van der Waals surface area contributed by atoms with Crippen LogP contribution in [0.3, 0.4) is 0 Å². The molecule has 3 rings (SSSR count). The van der Waals surface area contributed by atoms with Gasteiger partial charge in [0.2, 0.25) is 0 Å². The molecule has 0 amide bonds. The number of benzene rings is 2. The summed E-state index contributed by atoms with van der Waals surface area (Å²) in [5.74, 6) is -0.466. The van der Waals surface area contributed by atoms with Gasteiger partial charge in [-0.1, -0.05) is 35.5 Å². The second-order valence-electron chi connectivity index (χ2n) is 5.20. The first kappa shape index (κ1) is 13.6. The number of nitrogens with two attached hydrogens (primary N) is 1. The van der Waals surface area contributed by atoms with Crippen LogP contribution >= 0.6 is 0 Å². The second kappa shape index (κ2) is 5.54. The first-order valence-corrected chi connectivity index (χ1v) is 6.73. The first-order valence-electron chi connectivity index (χ1n) is 6.73. The van der Waals surface area contributed by atoms with Gasteiger partial charge in [-0.2, -0.15) is 0 Å². The number of amidine groups is 1. The van der Waals surface area contributed by atoms with Crippen molar-refractivity contribution in [1.29, 1.82) is 0 Å². The highest BCUT2D eigenvalue weighted by molar-refractivity contribution is 5.98. The van der Waals surface area contributed by atoms with E-state index in [1.807, 2.05) is 12.1 Å². The average molecular weight is 285 g/mol. The van der Waals surface area contributed by atoms with E-state index in [0.29, 0.717) is 12.1 Å². The summed E-state index contributed by atoms with van der Waals surface area (Å²) in [7, 11) is 0. The normalized spacial score (nSPS) is 15.2. The van der Waals surface area contributed by atoms with Gasteiger partial charge in [0.1, 0.15) is 5.82 Å². The van der Waals surface area contributed by atoms with Gasteiger partial charge in [-0.3, -0.25) is 4.90 Å². The Morgan fingerprint density at radius 2 is 1.86 bits per heavy atom. The molecule has 0 aliphatic carbocycles. The molecule has 0 fully saturated rings. The minimum Gasteiger partial charge on any atom is -0.409 e. The lowest BCUT2D eigenvalue weighted by Crippen LogP contribution is -2.21. The molecule has 5 heteroatoms. The zero-order chi connectivity index (χ0) is 14.8. The molecule has 108 valence electrons. The minimum absolute atomic E-state index is 0.0683. The van der Waals surface area contributed by atoms with Crippen LogP contribution in [0, 0.1) is 5.82 Å². The molecular weight excluding hydrogens is 269 g/mol. The van der Waals surface area contributed by atoms with Gasteiger partial charge in [0.05, 0.1) is 0 Å². The summed E-state index contributed by atoms with van der Waals surface area (Å²) in [6.45, 7) is 2.33. The minimum atomic E-state index is -0.398. The molecule has 2 aromatic rings. The van der Waals surface area contributed by atoms with Gasteiger partial charge >= 0.3 is 0 Å². The van der Waals surface area contributed by atoms with Crippen LogP contribution in [-0.4, -0.2) is 15.9 Å². The van der Waals surface area contributed by atoms with Gasteiger partial charge < -0.3 is 10.9 Å². The van der Waals surface area contributed by atoms with Crippen molar-refractivity contribution in [2.75, 3.05) is 0 Å². The Hall–Kier alpha value is -2.40. The highest BCUT2D eigenvalue weighted by atomic mass is 19.1. The summed E-state index contributed by atoms with van der Waals surface area (Å²) in [4.78, 5) is 2.24. The monoisotopic (exact) mass is 285 g/mol. The molecule has 4 nitrogen and oxygen atoms in total. The van der Waals surface area contributed by atoms with Gasteiger partial charge in [-0.15, -0.1) is 0 Å². The van der Waals surface area contributed by atoms with Crippen molar-refractivity contribution in [1.82, 2.24) is 4.90 Å². The number of halogens is 1. The third-order valence-corrected chi connectivity index (χ3v) is 3.76. The second-order valence-corrected chi connectivity index (χ2v) is 5.20. The predicted octanol–water partition coefficient (Wildman–Crippen LogP) is 2.44. The maximum Gasteiger partial charge on any atom is 0.170 e. The van der Waals surface area contributed by atoms with E-state index in [0.717, 1.165) is 18.7 Å². The number of hydrogen-bond donors (Lipinski definition) is 2. The fraction of sp³-hybridized carbons (Fsp3) is 0.188. The Bertz CT molecular complexity index is 675. The molecule has 2 aromatic carbocycles. The smallest absolute Gasteiger partial charge is 0.170 e. The average Bonchev–Trinajstić information content (AvgIpc) is 2.90. The third-order valence-electron chi connectivity index (χ3n) is 3.76. The molecule has 21 heavy (non-hydrogen) atoms. The largest absolute Gasteiger partial charge is 0.409 e. The lowest BCUT2D eigenvalue weighted by Gasteiger charge is -2.17. The number of rotatable bonds is 3. The maximum absolute atomic E-state index is 13.4. The Balaban J connectivity index is 1.84. The van der Waals surface area contributed by atoms with Gasteiger partial charge in [-0.25, -0.2) is 4.39 Å². The van der Waals surface area contributed by atoms with Crippen molar-refractivity contribution in [2.24, 2.45) is 10.9 Å². The lowest BCUT2D eigenvalue weighted by atomic mass is 10.1. The Labute approximate surface area is 122 Å².